The van der Waals surface area contributed by atoms with Gasteiger partial charge in [-0.1, -0.05) is 6.58 Å². The molecular weight excluding hydrogens is 136 g/mol. The van der Waals surface area contributed by atoms with Crippen LogP contribution in [0.25, 0.3) is 0 Å². The number of hydrogen-bond donors (Lipinski definition) is 1. The summed E-state index contributed by atoms with van der Waals surface area (Å²) in [6.45, 7) is 7.40. The van der Waals surface area contributed by atoms with E-state index in [1.807, 2.05) is 7.05 Å². The zero-order valence-electron chi connectivity index (χ0n) is 7.56. The second-order valence-electron chi connectivity index (χ2n) is 3.23. The topological polar surface area (TPSA) is 15.3 Å². The van der Waals surface area contributed by atoms with E-state index in [0.717, 1.165) is 5.82 Å². The number of nitrogens with zero attached hydrogens (tertiary/aromatic N) is 1. The summed E-state index contributed by atoms with van der Waals surface area (Å²) in [5.74, 6) is 1.07. The zero-order valence-corrected chi connectivity index (χ0v) is 7.56. The molecule has 0 bridgehead atoms. The largest absolute Gasteiger partial charge is 0.375 e. The SMILES string of the molecule is C=C(NC)N1CCCCC1C. The fourth-order valence-corrected chi connectivity index (χ4v) is 1.64. The Morgan fingerprint density at radius 3 is 2.82 bits per heavy atom. The molecule has 2 heteroatoms. The molecule has 1 aliphatic heterocycles. The molecule has 0 radical (unpaired) electrons. The van der Waals surface area contributed by atoms with Gasteiger partial charge < -0.3 is 10.2 Å². The van der Waals surface area contributed by atoms with Crippen LogP contribution >= 0.6 is 0 Å². The molecule has 0 aromatic rings. The van der Waals surface area contributed by atoms with E-state index in [1.54, 1.807) is 0 Å². The molecule has 11 heavy (non-hydrogen) atoms. The first-order chi connectivity index (χ1) is 5.25. The van der Waals surface area contributed by atoms with Crippen LogP contribution in [0.3, 0.4) is 0 Å². The van der Waals surface area contributed by atoms with Crippen LogP contribution in [-0.4, -0.2) is 24.5 Å². The summed E-state index contributed by atoms with van der Waals surface area (Å²) in [7, 11) is 1.93. The van der Waals surface area contributed by atoms with E-state index >= 15 is 0 Å². The van der Waals surface area contributed by atoms with Gasteiger partial charge in [-0.3, -0.25) is 0 Å². The van der Waals surface area contributed by atoms with Gasteiger partial charge >= 0.3 is 0 Å². The number of hydrogen-bond acceptors (Lipinski definition) is 2. The Kier molecular flexibility index (Phi) is 2.80. The molecule has 0 spiro atoms. The number of rotatable bonds is 2. The van der Waals surface area contributed by atoms with Crippen LogP contribution in [0.15, 0.2) is 12.4 Å². The summed E-state index contributed by atoms with van der Waals surface area (Å²) in [6, 6.07) is 0.670. The molecule has 0 aliphatic carbocycles. The van der Waals surface area contributed by atoms with Gasteiger partial charge in [0.2, 0.25) is 0 Å². The number of piperidine rings is 1. The fourth-order valence-electron chi connectivity index (χ4n) is 1.64. The van der Waals surface area contributed by atoms with Crippen molar-refractivity contribution in [3.8, 4) is 0 Å². The van der Waals surface area contributed by atoms with Crippen LogP contribution in [0.5, 0.6) is 0 Å². The van der Waals surface area contributed by atoms with E-state index in [1.165, 1.54) is 25.8 Å². The van der Waals surface area contributed by atoms with Gasteiger partial charge in [0.05, 0.1) is 5.82 Å². The first-order valence-corrected chi connectivity index (χ1v) is 4.39. The normalized spacial score (nSPS) is 24.9. The average Bonchev–Trinajstić information content (AvgIpc) is 2.04. The van der Waals surface area contributed by atoms with Crippen molar-refractivity contribution in [2.75, 3.05) is 13.6 Å². The van der Waals surface area contributed by atoms with E-state index in [9.17, 15) is 0 Å². The van der Waals surface area contributed by atoms with Gasteiger partial charge in [-0.25, -0.2) is 0 Å². The standard InChI is InChI=1S/C9H18N2/c1-8-6-4-5-7-11(8)9(2)10-3/h8,10H,2,4-7H2,1,3H3. The second-order valence-corrected chi connectivity index (χ2v) is 3.23. The molecule has 1 aliphatic rings. The first-order valence-electron chi connectivity index (χ1n) is 4.39. The molecule has 0 amide bonds. The summed E-state index contributed by atoms with van der Waals surface area (Å²) in [5, 5.41) is 3.10. The van der Waals surface area contributed by atoms with Crippen LogP contribution in [-0.2, 0) is 0 Å². The third kappa shape index (κ3) is 1.88. The minimum absolute atomic E-state index is 0.670. The Hall–Kier alpha value is -0.660. The summed E-state index contributed by atoms with van der Waals surface area (Å²) < 4.78 is 0. The van der Waals surface area contributed by atoms with Crippen molar-refractivity contribution >= 4 is 0 Å². The van der Waals surface area contributed by atoms with Gasteiger partial charge in [0.15, 0.2) is 0 Å². The van der Waals surface area contributed by atoms with Crippen LogP contribution < -0.4 is 5.32 Å². The lowest BCUT2D eigenvalue weighted by Gasteiger charge is -2.36. The highest BCUT2D eigenvalue weighted by atomic mass is 15.3. The lowest BCUT2D eigenvalue weighted by Crippen LogP contribution is -2.39. The Bertz CT molecular complexity index is 142. The number of nitrogens with one attached hydrogen (secondary N) is 1. The van der Waals surface area contributed by atoms with E-state index in [-0.39, 0.29) is 0 Å². The second kappa shape index (κ2) is 3.65. The predicted octanol–water partition coefficient (Wildman–Crippen LogP) is 1.55. The van der Waals surface area contributed by atoms with Crippen molar-refractivity contribution in [3.05, 3.63) is 12.4 Å². The highest BCUT2D eigenvalue weighted by molar-refractivity contribution is 4.94. The zero-order chi connectivity index (χ0) is 8.27. The Morgan fingerprint density at radius 1 is 1.55 bits per heavy atom. The molecule has 64 valence electrons. The highest BCUT2D eigenvalue weighted by Crippen LogP contribution is 2.18. The lowest BCUT2D eigenvalue weighted by molar-refractivity contribution is 0.199. The fraction of sp³-hybridized carbons (Fsp3) is 0.778. The quantitative estimate of drug-likeness (QED) is 0.649. The maximum Gasteiger partial charge on any atom is 0.0938 e. The molecule has 1 heterocycles. The lowest BCUT2D eigenvalue weighted by atomic mass is 10.0. The summed E-state index contributed by atoms with van der Waals surface area (Å²) in [5.41, 5.74) is 0. The van der Waals surface area contributed by atoms with Crippen LogP contribution in [0, 0.1) is 0 Å². The molecule has 0 saturated carbocycles. The van der Waals surface area contributed by atoms with Gasteiger partial charge in [0.1, 0.15) is 0 Å². The average molecular weight is 154 g/mol. The van der Waals surface area contributed by atoms with Crippen LogP contribution in [0.2, 0.25) is 0 Å². The van der Waals surface area contributed by atoms with Crippen molar-refractivity contribution in [1.29, 1.82) is 0 Å². The molecule has 1 unspecified atom stereocenters. The molecule has 1 atom stereocenters. The third-order valence-corrected chi connectivity index (χ3v) is 2.44. The Labute approximate surface area is 69.3 Å². The molecule has 1 saturated heterocycles. The van der Waals surface area contributed by atoms with Crippen molar-refractivity contribution in [1.82, 2.24) is 10.2 Å². The molecule has 2 nitrogen and oxygen atoms in total. The molecule has 0 aromatic carbocycles. The maximum absolute atomic E-state index is 3.96. The smallest absolute Gasteiger partial charge is 0.0938 e. The van der Waals surface area contributed by atoms with Gasteiger partial charge in [-0.15, -0.1) is 0 Å². The predicted molar refractivity (Wildman–Crippen MR) is 48.2 cm³/mol. The van der Waals surface area contributed by atoms with Gasteiger partial charge in [0.25, 0.3) is 0 Å². The summed E-state index contributed by atoms with van der Waals surface area (Å²) >= 11 is 0. The first kappa shape index (κ1) is 8.44. The Morgan fingerprint density at radius 2 is 2.27 bits per heavy atom. The maximum atomic E-state index is 3.96. The van der Waals surface area contributed by atoms with E-state index in [2.05, 4.69) is 23.7 Å². The van der Waals surface area contributed by atoms with Gasteiger partial charge in [0, 0.05) is 19.6 Å². The van der Waals surface area contributed by atoms with Crippen molar-refractivity contribution in [2.24, 2.45) is 0 Å². The molecule has 1 rings (SSSR count). The van der Waals surface area contributed by atoms with E-state index in [4.69, 9.17) is 0 Å². The highest BCUT2D eigenvalue weighted by Gasteiger charge is 2.17. The van der Waals surface area contributed by atoms with Crippen molar-refractivity contribution in [3.63, 3.8) is 0 Å². The molecule has 0 aromatic heterocycles. The van der Waals surface area contributed by atoms with E-state index < -0.39 is 0 Å². The minimum atomic E-state index is 0.670. The summed E-state index contributed by atoms with van der Waals surface area (Å²) in [6.07, 6.45) is 3.99. The van der Waals surface area contributed by atoms with E-state index in [0.29, 0.717) is 6.04 Å². The molecular formula is C9H18N2. The van der Waals surface area contributed by atoms with Crippen molar-refractivity contribution in [2.45, 2.75) is 32.2 Å². The van der Waals surface area contributed by atoms with Gasteiger partial charge in [-0.05, 0) is 26.2 Å². The monoisotopic (exact) mass is 154 g/mol. The summed E-state index contributed by atoms with van der Waals surface area (Å²) in [4.78, 5) is 2.35. The third-order valence-electron chi connectivity index (χ3n) is 2.44. The van der Waals surface area contributed by atoms with Crippen molar-refractivity contribution < 1.29 is 0 Å². The Balaban J connectivity index is 2.47. The number of likely N-dealkylation sites (tertiary alicyclic amines) is 1. The van der Waals surface area contributed by atoms with Gasteiger partial charge in [-0.2, -0.15) is 0 Å². The van der Waals surface area contributed by atoms with Crippen LogP contribution in [0.4, 0.5) is 0 Å². The molecule has 1 fully saturated rings. The minimum Gasteiger partial charge on any atom is -0.375 e. The molecule has 1 N–H and O–H groups in total. The van der Waals surface area contributed by atoms with Crippen LogP contribution in [0.1, 0.15) is 26.2 Å².